The van der Waals surface area contributed by atoms with Gasteiger partial charge in [0.05, 0.1) is 19.3 Å². The summed E-state index contributed by atoms with van der Waals surface area (Å²) >= 11 is 0. The summed E-state index contributed by atoms with van der Waals surface area (Å²) in [5, 5.41) is 0. The van der Waals surface area contributed by atoms with E-state index in [1.54, 1.807) is 0 Å². The van der Waals surface area contributed by atoms with Gasteiger partial charge in [0.15, 0.2) is 0 Å². The first-order chi connectivity index (χ1) is 11.8. The molecule has 0 atom stereocenters. The Morgan fingerprint density at radius 1 is 0.792 bits per heavy atom. The number of hydrogen-bond donors (Lipinski definition) is 0. The second-order valence-corrected chi connectivity index (χ2v) is 6.09. The highest BCUT2D eigenvalue weighted by atomic mass is 16.5. The first kappa shape index (κ1) is 16.8. The van der Waals surface area contributed by atoms with Crippen LogP contribution < -0.4 is 9.47 Å². The van der Waals surface area contributed by atoms with E-state index in [1.165, 1.54) is 24.0 Å². The van der Waals surface area contributed by atoms with Crippen LogP contribution in [-0.4, -0.2) is 31.2 Å². The lowest BCUT2D eigenvalue weighted by Gasteiger charge is -2.31. The van der Waals surface area contributed by atoms with Crippen molar-refractivity contribution in [1.29, 1.82) is 0 Å². The number of para-hydroxylation sites is 2. The number of rotatable bonds is 7. The first-order valence-corrected chi connectivity index (χ1v) is 9.02. The maximum atomic E-state index is 5.93. The topological polar surface area (TPSA) is 21.7 Å². The molecular weight excluding hydrogens is 298 g/mol. The van der Waals surface area contributed by atoms with Crippen LogP contribution in [0.3, 0.4) is 0 Å². The van der Waals surface area contributed by atoms with Gasteiger partial charge >= 0.3 is 0 Å². The predicted molar refractivity (Wildman–Crippen MR) is 97.9 cm³/mol. The molecule has 3 heteroatoms. The molecule has 0 amide bonds. The van der Waals surface area contributed by atoms with E-state index in [9.17, 15) is 0 Å². The van der Waals surface area contributed by atoms with Gasteiger partial charge in [-0.3, -0.25) is 4.90 Å². The second kappa shape index (κ2) is 8.20. The molecule has 1 aliphatic heterocycles. The van der Waals surface area contributed by atoms with Crippen LogP contribution >= 0.6 is 0 Å². The number of likely N-dealkylation sites (tertiary alicyclic amines) is 1. The summed E-state index contributed by atoms with van der Waals surface area (Å²) in [4.78, 5) is 2.55. The molecule has 3 nitrogen and oxygen atoms in total. The monoisotopic (exact) mass is 325 g/mol. The Hall–Kier alpha value is -2.00. The number of ether oxygens (including phenoxy) is 2. The highest BCUT2D eigenvalue weighted by Gasteiger charge is 2.29. The van der Waals surface area contributed by atoms with E-state index < -0.39 is 0 Å². The lowest BCUT2D eigenvalue weighted by atomic mass is 9.95. The predicted octanol–water partition coefficient (Wildman–Crippen LogP) is 4.67. The maximum absolute atomic E-state index is 5.93. The van der Waals surface area contributed by atoms with Gasteiger partial charge in [-0.15, -0.1) is 0 Å². The Balaban J connectivity index is 2.08. The summed E-state index contributed by atoms with van der Waals surface area (Å²) in [6.45, 7) is 7.66. The second-order valence-electron chi connectivity index (χ2n) is 6.09. The van der Waals surface area contributed by atoms with Gasteiger partial charge in [-0.05, 0) is 51.9 Å². The summed E-state index contributed by atoms with van der Waals surface area (Å²) in [6, 6.07) is 17.0. The van der Waals surface area contributed by atoms with Crippen molar-refractivity contribution < 1.29 is 9.47 Å². The molecule has 0 radical (unpaired) electrons. The molecule has 0 bridgehead atoms. The molecule has 3 rings (SSSR count). The van der Waals surface area contributed by atoms with Gasteiger partial charge in [0.25, 0.3) is 0 Å². The van der Waals surface area contributed by atoms with E-state index in [0.29, 0.717) is 13.2 Å². The third-order valence-corrected chi connectivity index (χ3v) is 4.53. The van der Waals surface area contributed by atoms with Crippen LogP contribution in [-0.2, 0) is 0 Å². The fourth-order valence-corrected chi connectivity index (χ4v) is 3.55. The highest BCUT2D eigenvalue weighted by Crippen LogP contribution is 2.40. The van der Waals surface area contributed by atoms with Crippen LogP contribution in [0.5, 0.6) is 11.5 Å². The zero-order valence-electron chi connectivity index (χ0n) is 14.7. The quantitative estimate of drug-likeness (QED) is 0.738. The van der Waals surface area contributed by atoms with Crippen molar-refractivity contribution in [1.82, 2.24) is 4.90 Å². The molecule has 0 aliphatic carbocycles. The minimum atomic E-state index is 0.179. The molecule has 0 N–H and O–H groups in total. The Morgan fingerprint density at radius 2 is 1.25 bits per heavy atom. The largest absolute Gasteiger partial charge is 0.494 e. The Bertz CT molecular complexity index is 600. The van der Waals surface area contributed by atoms with Crippen LogP contribution in [0.2, 0.25) is 0 Å². The summed E-state index contributed by atoms with van der Waals surface area (Å²) in [6.07, 6.45) is 2.51. The van der Waals surface area contributed by atoms with E-state index in [2.05, 4.69) is 41.3 Å². The summed E-state index contributed by atoms with van der Waals surface area (Å²) in [5.74, 6) is 1.95. The molecule has 24 heavy (non-hydrogen) atoms. The zero-order chi connectivity index (χ0) is 16.8. The van der Waals surface area contributed by atoms with Crippen molar-refractivity contribution in [3.05, 3.63) is 59.7 Å². The van der Waals surface area contributed by atoms with E-state index in [-0.39, 0.29) is 6.04 Å². The van der Waals surface area contributed by atoms with Crippen LogP contribution in [0, 0.1) is 0 Å². The van der Waals surface area contributed by atoms with Crippen molar-refractivity contribution in [2.45, 2.75) is 32.7 Å². The highest BCUT2D eigenvalue weighted by molar-refractivity contribution is 5.46. The molecule has 1 heterocycles. The minimum absolute atomic E-state index is 0.179. The number of nitrogens with zero attached hydrogens (tertiary/aromatic N) is 1. The van der Waals surface area contributed by atoms with Crippen molar-refractivity contribution in [2.75, 3.05) is 26.3 Å². The van der Waals surface area contributed by atoms with Gasteiger partial charge in [0, 0.05) is 11.1 Å². The van der Waals surface area contributed by atoms with Gasteiger partial charge in [-0.2, -0.15) is 0 Å². The summed E-state index contributed by atoms with van der Waals surface area (Å²) in [7, 11) is 0. The van der Waals surface area contributed by atoms with Crippen molar-refractivity contribution >= 4 is 0 Å². The first-order valence-electron chi connectivity index (χ1n) is 9.02. The normalized spacial score (nSPS) is 15.0. The summed E-state index contributed by atoms with van der Waals surface area (Å²) in [5.41, 5.74) is 2.46. The average Bonchev–Trinajstić information content (AvgIpc) is 3.13. The lowest BCUT2D eigenvalue weighted by molar-refractivity contribution is 0.257. The van der Waals surface area contributed by atoms with E-state index in [0.717, 1.165) is 24.6 Å². The molecule has 0 saturated carbocycles. The Morgan fingerprint density at radius 3 is 1.71 bits per heavy atom. The minimum Gasteiger partial charge on any atom is -0.494 e. The maximum Gasteiger partial charge on any atom is 0.124 e. The smallest absolute Gasteiger partial charge is 0.124 e. The van der Waals surface area contributed by atoms with Crippen LogP contribution in [0.25, 0.3) is 0 Å². The molecule has 0 spiro atoms. The van der Waals surface area contributed by atoms with Crippen molar-refractivity contribution in [3.8, 4) is 11.5 Å². The lowest BCUT2D eigenvalue weighted by Crippen LogP contribution is -2.27. The van der Waals surface area contributed by atoms with Gasteiger partial charge in [-0.1, -0.05) is 36.4 Å². The van der Waals surface area contributed by atoms with Crippen LogP contribution in [0.1, 0.15) is 43.9 Å². The molecule has 1 saturated heterocycles. The van der Waals surface area contributed by atoms with Crippen LogP contribution in [0.15, 0.2) is 48.5 Å². The molecule has 0 aromatic heterocycles. The van der Waals surface area contributed by atoms with Crippen molar-refractivity contribution in [2.24, 2.45) is 0 Å². The third kappa shape index (κ3) is 3.57. The molecule has 1 fully saturated rings. The summed E-state index contributed by atoms with van der Waals surface area (Å²) < 4.78 is 11.9. The van der Waals surface area contributed by atoms with Gasteiger partial charge < -0.3 is 9.47 Å². The fourth-order valence-electron chi connectivity index (χ4n) is 3.55. The molecule has 2 aromatic carbocycles. The molecule has 1 aliphatic rings. The average molecular weight is 325 g/mol. The van der Waals surface area contributed by atoms with Gasteiger partial charge in [-0.25, -0.2) is 0 Å². The number of hydrogen-bond acceptors (Lipinski definition) is 3. The van der Waals surface area contributed by atoms with Gasteiger partial charge in [0.1, 0.15) is 11.5 Å². The van der Waals surface area contributed by atoms with E-state index in [1.807, 2.05) is 26.0 Å². The molecule has 0 unspecified atom stereocenters. The molecular formula is C21H27NO2. The molecule has 2 aromatic rings. The fraction of sp³-hybridized carbons (Fsp3) is 0.429. The van der Waals surface area contributed by atoms with E-state index >= 15 is 0 Å². The molecule has 128 valence electrons. The van der Waals surface area contributed by atoms with Gasteiger partial charge in [0.2, 0.25) is 0 Å². The zero-order valence-corrected chi connectivity index (χ0v) is 14.7. The standard InChI is InChI=1S/C21H27NO2/c1-3-23-19-13-7-5-11-17(19)21(22-15-9-10-16-22)18-12-6-8-14-20(18)24-4-2/h5-8,11-14,21H,3-4,9-10,15-16H2,1-2H3. The van der Waals surface area contributed by atoms with Crippen molar-refractivity contribution in [3.63, 3.8) is 0 Å². The Labute approximate surface area is 145 Å². The Kier molecular flexibility index (Phi) is 5.76. The third-order valence-electron chi connectivity index (χ3n) is 4.53. The SMILES string of the molecule is CCOc1ccccc1C(c1ccccc1OCC)N1CCCC1. The number of benzene rings is 2. The van der Waals surface area contributed by atoms with E-state index in [4.69, 9.17) is 9.47 Å². The van der Waals surface area contributed by atoms with Crippen LogP contribution in [0.4, 0.5) is 0 Å².